The number of amidine groups is 1. The van der Waals surface area contributed by atoms with Gasteiger partial charge in [-0.3, -0.25) is 9.89 Å². The summed E-state index contributed by atoms with van der Waals surface area (Å²) in [6, 6.07) is 0. The number of aliphatic imine (C=N–C) groups is 1. The Bertz CT molecular complexity index is 134. The number of hydrogen-bond donors (Lipinski definition) is 2. The predicted molar refractivity (Wildman–Crippen MR) is 35.1 cm³/mol. The Morgan fingerprint density at radius 1 is 1.89 bits per heavy atom. The molecule has 1 unspecified atom stereocenters. The van der Waals surface area contributed by atoms with Gasteiger partial charge in [0.25, 0.3) is 0 Å². The average molecular weight is 129 g/mol. The monoisotopic (exact) mass is 129 g/mol. The highest BCUT2D eigenvalue weighted by molar-refractivity contribution is 5.82. The smallest absolute Gasteiger partial charge is 0.127 e. The van der Waals surface area contributed by atoms with Crippen molar-refractivity contribution in [3.63, 3.8) is 0 Å². The Labute approximate surface area is 54.0 Å². The fraction of sp³-hybridized carbons (Fsp3) is 0.800. The molecule has 4 nitrogen and oxygen atoms in total. The van der Waals surface area contributed by atoms with Crippen LogP contribution in [0, 0.1) is 0 Å². The van der Waals surface area contributed by atoms with Gasteiger partial charge in [-0.15, -0.1) is 0 Å². The largest absolute Gasteiger partial charge is 0.386 e. The predicted octanol–water partition coefficient (Wildman–Crippen LogP) is -1.39. The van der Waals surface area contributed by atoms with E-state index in [1.54, 1.807) is 4.90 Å². The molecule has 0 aromatic heterocycles. The molecule has 4 heteroatoms. The second-order valence-electron chi connectivity index (χ2n) is 2.23. The van der Waals surface area contributed by atoms with Crippen LogP contribution in [-0.2, 0) is 0 Å². The van der Waals surface area contributed by atoms with Gasteiger partial charge in [-0.25, -0.2) is 0 Å². The van der Waals surface area contributed by atoms with E-state index in [4.69, 9.17) is 10.8 Å². The second-order valence-corrected chi connectivity index (χ2v) is 2.23. The minimum atomic E-state index is -0.447. The molecule has 9 heavy (non-hydrogen) atoms. The molecule has 0 saturated heterocycles. The van der Waals surface area contributed by atoms with E-state index in [1.807, 2.05) is 7.05 Å². The standard InChI is InChI=1S/C5H11N3O/c1-8-3-4(6)7-2-5(8)9/h5,9H,2-3H2,1H3,(H2,6,7). The average Bonchev–Trinajstić information content (AvgIpc) is 1.80. The zero-order valence-corrected chi connectivity index (χ0v) is 5.41. The van der Waals surface area contributed by atoms with Crippen LogP contribution in [0.5, 0.6) is 0 Å². The number of likely N-dealkylation sites (N-methyl/N-ethyl adjacent to an activating group) is 1. The van der Waals surface area contributed by atoms with Gasteiger partial charge >= 0.3 is 0 Å². The number of aliphatic hydroxyl groups is 1. The van der Waals surface area contributed by atoms with Gasteiger partial charge in [-0.1, -0.05) is 0 Å². The fourth-order valence-electron chi connectivity index (χ4n) is 0.749. The van der Waals surface area contributed by atoms with Gasteiger partial charge in [0.05, 0.1) is 13.1 Å². The van der Waals surface area contributed by atoms with Crippen LogP contribution in [0.2, 0.25) is 0 Å². The fourth-order valence-corrected chi connectivity index (χ4v) is 0.749. The summed E-state index contributed by atoms with van der Waals surface area (Å²) in [5.74, 6) is 0.600. The molecule has 1 aliphatic rings. The van der Waals surface area contributed by atoms with E-state index in [0.29, 0.717) is 18.9 Å². The zero-order chi connectivity index (χ0) is 6.85. The first kappa shape index (κ1) is 6.51. The first-order valence-corrected chi connectivity index (χ1v) is 2.87. The molecule has 1 atom stereocenters. The summed E-state index contributed by atoms with van der Waals surface area (Å²) >= 11 is 0. The van der Waals surface area contributed by atoms with Crippen LogP contribution in [0.25, 0.3) is 0 Å². The first-order valence-electron chi connectivity index (χ1n) is 2.87. The van der Waals surface area contributed by atoms with E-state index < -0.39 is 6.23 Å². The van der Waals surface area contributed by atoms with Gasteiger partial charge in [0.15, 0.2) is 0 Å². The molecule has 0 aromatic carbocycles. The van der Waals surface area contributed by atoms with Gasteiger partial charge < -0.3 is 10.8 Å². The van der Waals surface area contributed by atoms with Crippen molar-refractivity contribution >= 4 is 5.84 Å². The van der Waals surface area contributed by atoms with E-state index in [1.165, 1.54) is 0 Å². The Kier molecular flexibility index (Phi) is 1.68. The summed E-state index contributed by atoms with van der Waals surface area (Å²) in [6.07, 6.45) is -0.447. The minimum absolute atomic E-state index is 0.405. The summed E-state index contributed by atoms with van der Waals surface area (Å²) in [7, 11) is 1.81. The van der Waals surface area contributed by atoms with Crippen LogP contribution >= 0.6 is 0 Å². The molecular formula is C5H11N3O. The Hall–Kier alpha value is -0.610. The minimum Gasteiger partial charge on any atom is -0.386 e. The van der Waals surface area contributed by atoms with Gasteiger partial charge in [0, 0.05) is 0 Å². The van der Waals surface area contributed by atoms with Crippen LogP contribution < -0.4 is 5.73 Å². The Morgan fingerprint density at radius 2 is 2.56 bits per heavy atom. The Balaban J connectivity index is 2.54. The van der Waals surface area contributed by atoms with Crippen LogP contribution in [-0.4, -0.2) is 42.2 Å². The van der Waals surface area contributed by atoms with Gasteiger partial charge in [0.1, 0.15) is 12.1 Å². The first-order chi connectivity index (χ1) is 4.20. The normalized spacial score (nSPS) is 30.0. The summed E-state index contributed by atoms with van der Waals surface area (Å²) in [6.45, 7) is 0.976. The van der Waals surface area contributed by atoms with Crippen molar-refractivity contribution in [2.75, 3.05) is 20.1 Å². The number of hydrogen-bond acceptors (Lipinski definition) is 4. The lowest BCUT2D eigenvalue weighted by atomic mass is 10.4. The third-order valence-corrected chi connectivity index (χ3v) is 1.38. The molecule has 0 amide bonds. The SMILES string of the molecule is CN1CC(N)=NCC1O. The number of nitrogens with two attached hydrogens (primary N) is 1. The molecule has 0 fully saturated rings. The number of aliphatic hydroxyl groups excluding tert-OH is 1. The molecular weight excluding hydrogens is 118 g/mol. The van der Waals surface area contributed by atoms with E-state index >= 15 is 0 Å². The maximum absolute atomic E-state index is 9.06. The van der Waals surface area contributed by atoms with E-state index in [9.17, 15) is 0 Å². The molecule has 1 rings (SSSR count). The van der Waals surface area contributed by atoms with Crippen molar-refractivity contribution in [1.29, 1.82) is 0 Å². The van der Waals surface area contributed by atoms with Crippen LogP contribution in [0.3, 0.4) is 0 Å². The summed E-state index contributed by atoms with van der Waals surface area (Å²) in [4.78, 5) is 5.62. The van der Waals surface area contributed by atoms with Crippen LogP contribution in [0.4, 0.5) is 0 Å². The van der Waals surface area contributed by atoms with Gasteiger partial charge in [0.2, 0.25) is 0 Å². The highest BCUT2D eigenvalue weighted by Crippen LogP contribution is 1.97. The van der Waals surface area contributed by atoms with Crippen molar-refractivity contribution in [3.05, 3.63) is 0 Å². The zero-order valence-electron chi connectivity index (χ0n) is 5.41. The van der Waals surface area contributed by atoms with Crippen molar-refractivity contribution in [2.45, 2.75) is 6.23 Å². The third-order valence-electron chi connectivity index (χ3n) is 1.38. The second kappa shape index (κ2) is 2.33. The molecule has 0 aromatic rings. The molecule has 52 valence electrons. The lowest BCUT2D eigenvalue weighted by molar-refractivity contribution is 0.0355. The maximum atomic E-state index is 9.06. The number of nitrogens with zero attached hydrogens (tertiary/aromatic N) is 2. The molecule has 1 aliphatic heterocycles. The van der Waals surface area contributed by atoms with E-state index in [0.717, 1.165) is 0 Å². The Morgan fingerprint density at radius 3 is 3.00 bits per heavy atom. The highest BCUT2D eigenvalue weighted by atomic mass is 16.3. The summed E-state index contributed by atoms with van der Waals surface area (Å²) < 4.78 is 0. The topological polar surface area (TPSA) is 61.8 Å². The lowest BCUT2D eigenvalue weighted by Gasteiger charge is -2.25. The molecule has 0 aliphatic carbocycles. The van der Waals surface area contributed by atoms with Crippen molar-refractivity contribution < 1.29 is 5.11 Å². The van der Waals surface area contributed by atoms with E-state index in [-0.39, 0.29) is 0 Å². The van der Waals surface area contributed by atoms with Gasteiger partial charge in [-0.2, -0.15) is 0 Å². The molecule has 1 heterocycles. The molecule has 0 radical (unpaired) electrons. The van der Waals surface area contributed by atoms with Crippen LogP contribution in [0.15, 0.2) is 4.99 Å². The molecule has 0 saturated carbocycles. The van der Waals surface area contributed by atoms with Crippen molar-refractivity contribution in [1.82, 2.24) is 4.90 Å². The maximum Gasteiger partial charge on any atom is 0.127 e. The molecule has 0 bridgehead atoms. The van der Waals surface area contributed by atoms with Crippen molar-refractivity contribution in [2.24, 2.45) is 10.7 Å². The van der Waals surface area contributed by atoms with Crippen LogP contribution in [0.1, 0.15) is 0 Å². The quantitative estimate of drug-likeness (QED) is 0.423. The summed E-state index contributed by atoms with van der Waals surface area (Å²) in [5.41, 5.74) is 5.38. The lowest BCUT2D eigenvalue weighted by Crippen LogP contribution is -2.44. The summed E-state index contributed by atoms with van der Waals surface area (Å²) in [5, 5.41) is 9.06. The number of rotatable bonds is 0. The van der Waals surface area contributed by atoms with Crippen molar-refractivity contribution in [3.8, 4) is 0 Å². The third kappa shape index (κ3) is 1.40. The molecule has 3 N–H and O–H groups in total. The highest BCUT2D eigenvalue weighted by Gasteiger charge is 2.15. The molecule has 0 spiro atoms. The van der Waals surface area contributed by atoms with Gasteiger partial charge in [-0.05, 0) is 7.05 Å². The van der Waals surface area contributed by atoms with E-state index in [2.05, 4.69) is 4.99 Å².